The predicted molar refractivity (Wildman–Crippen MR) is 113 cm³/mol. The number of carbonyl (C=O) groups is 1. The zero-order chi connectivity index (χ0) is 17.1. The summed E-state index contributed by atoms with van der Waals surface area (Å²) in [5.74, 6) is 0.804. The number of ketones is 1. The Morgan fingerprint density at radius 2 is 2.00 bits per heavy atom. The molecule has 25 heavy (non-hydrogen) atoms. The van der Waals surface area contributed by atoms with Crippen LogP contribution in [0.5, 0.6) is 5.75 Å². The molecule has 0 aliphatic heterocycles. The van der Waals surface area contributed by atoms with Crippen LogP contribution in [0.2, 0.25) is 0 Å². The number of halogens is 2. The van der Waals surface area contributed by atoms with Gasteiger partial charge in [-0.15, -0.1) is 17.0 Å². The first-order chi connectivity index (χ1) is 11.6. The van der Waals surface area contributed by atoms with Crippen LogP contribution in [0, 0.1) is 0 Å². The van der Waals surface area contributed by atoms with E-state index < -0.39 is 0 Å². The number of thiazole rings is 1. The normalized spacial score (nSPS) is 11.6. The van der Waals surface area contributed by atoms with Crippen molar-refractivity contribution in [1.29, 1.82) is 0 Å². The monoisotopic (exact) mass is 484 g/mol. The largest absolute Gasteiger partial charge is 0.492 e. The lowest BCUT2D eigenvalue weighted by atomic mass is 10.1. The highest BCUT2D eigenvalue weighted by Crippen LogP contribution is 2.32. The number of nitrogens with one attached hydrogen (secondary N) is 1. The molecule has 1 aromatic heterocycles. The summed E-state index contributed by atoms with van der Waals surface area (Å²) >= 11 is 4.90. The van der Waals surface area contributed by atoms with Crippen molar-refractivity contribution in [1.82, 2.24) is 4.98 Å². The molecule has 7 heteroatoms. The minimum absolute atomic E-state index is 0. The average molecular weight is 486 g/mol. The van der Waals surface area contributed by atoms with Crippen LogP contribution < -0.4 is 10.1 Å². The van der Waals surface area contributed by atoms with Gasteiger partial charge in [0.25, 0.3) is 0 Å². The summed E-state index contributed by atoms with van der Waals surface area (Å²) in [6.07, 6.45) is 0. The number of fused-ring (bicyclic) bond motifs is 1. The SMILES string of the molecule is Br.CCOc1cccc2sc(NC(C)C(=O)c3ccc(Br)cc3)nc12. The number of Topliss-reactive ketones (excluding diaryl/α,β-unsaturated/α-hetero) is 1. The third-order valence-electron chi connectivity index (χ3n) is 3.54. The van der Waals surface area contributed by atoms with E-state index >= 15 is 0 Å². The van der Waals surface area contributed by atoms with Crippen molar-refractivity contribution in [2.24, 2.45) is 0 Å². The highest BCUT2D eigenvalue weighted by atomic mass is 79.9. The second kappa shape index (κ2) is 8.78. The minimum Gasteiger partial charge on any atom is -0.492 e. The lowest BCUT2D eigenvalue weighted by Crippen LogP contribution is -2.26. The predicted octanol–water partition coefficient (Wildman–Crippen LogP) is 5.72. The third-order valence-corrected chi connectivity index (χ3v) is 5.02. The Hall–Kier alpha value is -1.44. The summed E-state index contributed by atoms with van der Waals surface area (Å²) in [5, 5.41) is 3.92. The van der Waals surface area contributed by atoms with Crippen molar-refractivity contribution < 1.29 is 9.53 Å². The van der Waals surface area contributed by atoms with Gasteiger partial charge in [-0.25, -0.2) is 4.98 Å². The smallest absolute Gasteiger partial charge is 0.184 e. The quantitative estimate of drug-likeness (QED) is 0.453. The zero-order valence-corrected chi connectivity index (χ0v) is 17.9. The molecule has 2 aromatic carbocycles. The molecular formula is C18H18Br2N2O2S. The zero-order valence-electron chi connectivity index (χ0n) is 13.8. The maximum Gasteiger partial charge on any atom is 0.184 e. The molecule has 1 atom stereocenters. The van der Waals surface area contributed by atoms with E-state index in [0.29, 0.717) is 12.2 Å². The maximum absolute atomic E-state index is 12.5. The number of benzene rings is 2. The van der Waals surface area contributed by atoms with Crippen LogP contribution >= 0.6 is 44.2 Å². The second-order valence-electron chi connectivity index (χ2n) is 5.29. The van der Waals surface area contributed by atoms with Crippen molar-refractivity contribution in [2.45, 2.75) is 19.9 Å². The van der Waals surface area contributed by atoms with Crippen LogP contribution in [0.25, 0.3) is 10.2 Å². The summed E-state index contributed by atoms with van der Waals surface area (Å²) in [7, 11) is 0. The Bertz CT molecular complexity index is 865. The van der Waals surface area contributed by atoms with Crippen molar-refractivity contribution in [3.63, 3.8) is 0 Å². The summed E-state index contributed by atoms with van der Waals surface area (Å²) in [6, 6.07) is 12.9. The lowest BCUT2D eigenvalue weighted by Gasteiger charge is -2.11. The standard InChI is InChI=1S/C18H17BrN2O2S.BrH/c1-3-23-14-5-4-6-15-16(14)21-18(24-15)20-11(2)17(22)12-7-9-13(19)10-8-12;/h4-11H,3H2,1-2H3,(H,20,21);1H. The van der Waals surface area contributed by atoms with Crippen LogP contribution in [0.15, 0.2) is 46.9 Å². The third kappa shape index (κ3) is 4.59. The Morgan fingerprint density at radius 1 is 1.28 bits per heavy atom. The average Bonchev–Trinajstić information content (AvgIpc) is 2.98. The molecule has 0 bridgehead atoms. The van der Waals surface area contributed by atoms with E-state index in [0.717, 1.165) is 25.6 Å². The molecule has 3 rings (SSSR count). The molecule has 4 nitrogen and oxygen atoms in total. The first-order valence-electron chi connectivity index (χ1n) is 7.67. The number of carbonyl (C=O) groups excluding carboxylic acids is 1. The number of hydrogen-bond acceptors (Lipinski definition) is 5. The van der Waals surface area contributed by atoms with Crippen molar-refractivity contribution in [3.05, 3.63) is 52.5 Å². The van der Waals surface area contributed by atoms with Crippen LogP contribution in [-0.2, 0) is 0 Å². The van der Waals surface area contributed by atoms with E-state index in [2.05, 4.69) is 26.2 Å². The molecule has 0 fully saturated rings. The number of aromatic nitrogens is 1. The molecule has 1 unspecified atom stereocenters. The van der Waals surface area contributed by atoms with Crippen LogP contribution in [0.3, 0.4) is 0 Å². The van der Waals surface area contributed by atoms with E-state index in [-0.39, 0.29) is 28.8 Å². The fraction of sp³-hybridized carbons (Fsp3) is 0.222. The molecule has 0 spiro atoms. The Labute approximate surface area is 169 Å². The van der Waals surface area contributed by atoms with Crippen molar-refractivity contribution in [3.8, 4) is 5.75 Å². The number of ether oxygens (including phenoxy) is 1. The number of nitrogens with zero attached hydrogens (tertiary/aromatic N) is 1. The summed E-state index contributed by atoms with van der Waals surface area (Å²) < 4.78 is 7.60. The molecule has 0 radical (unpaired) electrons. The molecular weight excluding hydrogens is 468 g/mol. The van der Waals surface area contributed by atoms with Gasteiger partial charge < -0.3 is 10.1 Å². The van der Waals surface area contributed by atoms with Gasteiger partial charge >= 0.3 is 0 Å². The second-order valence-corrected chi connectivity index (χ2v) is 7.24. The maximum atomic E-state index is 12.5. The number of para-hydroxylation sites is 1. The summed E-state index contributed by atoms with van der Waals surface area (Å²) in [5.41, 5.74) is 1.50. The highest BCUT2D eigenvalue weighted by molar-refractivity contribution is 9.10. The number of anilines is 1. The molecule has 0 amide bonds. The van der Waals surface area contributed by atoms with Crippen molar-refractivity contribution in [2.75, 3.05) is 11.9 Å². The van der Waals surface area contributed by atoms with E-state index in [1.165, 1.54) is 11.3 Å². The topological polar surface area (TPSA) is 51.2 Å². The van der Waals surface area contributed by atoms with E-state index in [1.807, 2.05) is 56.3 Å². The van der Waals surface area contributed by atoms with Gasteiger partial charge in [0.2, 0.25) is 0 Å². The van der Waals surface area contributed by atoms with E-state index in [1.54, 1.807) is 0 Å². The molecule has 3 aromatic rings. The molecule has 1 heterocycles. The van der Waals surface area contributed by atoms with E-state index in [4.69, 9.17) is 4.74 Å². The van der Waals surface area contributed by atoms with Gasteiger partial charge in [-0.1, -0.05) is 45.5 Å². The fourth-order valence-corrected chi connectivity index (χ4v) is 3.61. The van der Waals surface area contributed by atoms with Crippen molar-refractivity contribution >= 4 is 65.4 Å². The van der Waals surface area contributed by atoms with Gasteiger partial charge in [-0.2, -0.15) is 0 Å². The van der Waals surface area contributed by atoms with Gasteiger partial charge in [0.05, 0.1) is 17.3 Å². The number of rotatable bonds is 6. The van der Waals surface area contributed by atoms with Gasteiger partial charge in [-0.05, 0) is 38.1 Å². The van der Waals surface area contributed by atoms with Gasteiger partial charge in [0, 0.05) is 10.0 Å². The summed E-state index contributed by atoms with van der Waals surface area (Å²) in [4.78, 5) is 17.1. The number of hydrogen-bond donors (Lipinski definition) is 1. The molecule has 132 valence electrons. The molecule has 0 aliphatic carbocycles. The Balaban J connectivity index is 0.00000225. The fourth-order valence-electron chi connectivity index (χ4n) is 2.37. The van der Waals surface area contributed by atoms with Crippen LogP contribution in [-0.4, -0.2) is 23.4 Å². The Kier molecular flexibility index (Phi) is 6.98. The Morgan fingerprint density at radius 3 is 2.68 bits per heavy atom. The van der Waals surface area contributed by atoms with E-state index in [9.17, 15) is 4.79 Å². The highest BCUT2D eigenvalue weighted by Gasteiger charge is 2.17. The van der Waals surface area contributed by atoms with Gasteiger partial charge in [0.1, 0.15) is 11.3 Å². The molecule has 0 aliphatic rings. The minimum atomic E-state index is -0.359. The molecule has 0 saturated carbocycles. The lowest BCUT2D eigenvalue weighted by molar-refractivity contribution is 0.0975. The molecule has 0 saturated heterocycles. The summed E-state index contributed by atoms with van der Waals surface area (Å²) in [6.45, 7) is 4.39. The van der Waals surface area contributed by atoms with Gasteiger partial charge in [0.15, 0.2) is 10.9 Å². The first kappa shape index (κ1) is 19.9. The van der Waals surface area contributed by atoms with Crippen LogP contribution in [0.1, 0.15) is 24.2 Å². The van der Waals surface area contributed by atoms with Gasteiger partial charge in [-0.3, -0.25) is 4.79 Å². The first-order valence-corrected chi connectivity index (χ1v) is 9.28. The van der Waals surface area contributed by atoms with Crippen LogP contribution in [0.4, 0.5) is 5.13 Å². The molecule has 1 N–H and O–H groups in total.